The van der Waals surface area contributed by atoms with E-state index < -0.39 is 23.9 Å². The Morgan fingerprint density at radius 3 is 2.16 bits per heavy atom. The van der Waals surface area contributed by atoms with Crippen LogP contribution in [0, 0.1) is 0 Å². The van der Waals surface area contributed by atoms with E-state index in [2.05, 4.69) is 24.5 Å². The molecule has 1 unspecified atom stereocenters. The zero-order valence-corrected chi connectivity index (χ0v) is 11.4. The minimum absolute atomic E-state index is 0.196. The molecule has 0 saturated heterocycles. The molecule has 1 atom stereocenters. The summed E-state index contributed by atoms with van der Waals surface area (Å²) in [4.78, 5) is 31.9. The van der Waals surface area contributed by atoms with Gasteiger partial charge in [0.15, 0.2) is 0 Å². The number of carbonyl (C=O) groups is 3. The van der Waals surface area contributed by atoms with E-state index in [9.17, 15) is 14.4 Å². The second kappa shape index (κ2) is 12.6. The molecule has 8 heteroatoms. The quantitative estimate of drug-likeness (QED) is 0.393. The molecule has 0 aliphatic rings. The van der Waals surface area contributed by atoms with Crippen LogP contribution < -0.4 is 22.1 Å². The van der Waals surface area contributed by atoms with Crippen LogP contribution in [0.4, 0.5) is 4.79 Å². The van der Waals surface area contributed by atoms with Crippen molar-refractivity contribution in [3.05, 3.63) is 0 Å². The summed E-state index contributed by atoms with van der Waals surface area (Å²) in [5.74, 6) is -1.67. The van der Waals surface area contributed by atoms with E-state index in [1.807, 2.05) is 0 Å². The predicted molar refractivity (Wildman–Crippen MR) is 71.4 cm³/mol. The number of amides is 3. The van der Waals surface area contributed by atoms with Gasteiger partial charge in [-0.3, -0.25) is 4.79 Å². The Kier molecular flexibility index (Phi) is 13.0. The topological polar surface area (TPSA) is 148 Å². The zero-order chi connectivity index (χ0) is 15.3. The van der Waals surface area contributed by atoms with Gasteiger partial charge in [0.25, 0.3) is 0 Å². The van der Waals surface area contributed by atoms with Gasteiger partial charge < -0.3 is 27.2 Å². The van der Waals surface area contributed by atoms with Gasteiger partial charge in [0.2, 0.25) is 5.91 Å². The number of carboxylic acid groups (broad SMARTS) is 1. The first-order valence-corrected chi connectivity index (χ1v) is 6.14. The molecule has 0 spiro atoms. The number of nitrogens with one attached hydrogen (secondary N) is 2. The van der Waals surface area contributed by atoms with Gasteiger partial charge in [0.05, 0.1) is 6.54 Å². The molecule has 0 rings (SSSR count). The number of hydrogen-bond donors (Lipinski definition) is 5. The summed E-state index contributed by atoms with van der Waals surface area (Å²) < 4.78 is 0. The average molecular weight is 276 g/mol. The van der Waals surface area contributed by atoms with Crippen LogP contribution >= 0.6 is 0 Å². The van der Waals surface area contributed by atoms with Crippen molar-refractivity contribution in [1.29, 1.82) is 0 Å². The van der Waals surface area contributed by atoms with E-state index in [0.29, 0.717) is 6.42 Å². The van der Waals surface area contributed by atoms with Crippen LogP contribution in [-0.2, 0) is 9.59 Å². The first-order valence-electron chi connectivity index (χ1n) is 6.14. The van der Waals surface area contributed by atoms with Gasteiger partial charge in [-0.05, 0) is 12.8 Å². The van der Waals surface area contributed by atoms with Gasteiger partial charge >= 0.3 is 12.0 Å². The van der Waals surface area contributed by atoms with E-state index in [1.54, 1.807) is 0 Å². The summed E-state index contributed by atoms with van der Waals surface area (Å²) in [6, 6.07) is -1.66. The van der Waals surface area contributed by atoms with Gasteiger partial charge in [-0.2, -0.15) is 0 Å². The highest BCUT2D eigenvalue weighted by atomic mass is 16.4. The third kappa shape index (κ3) is 14.1. The van der Waals surface area contributed by atoms with Crippen molar-refractivity contribution in [2.45, 2.75) is 39.2 Å². The second-order valence-electron chi connectivity index (χ2n) is 3.80. The molecule has 0 bridgehead atoms. The summed E-state index contributed by atoms with van der Waals surface area (Å²) in [5.41, 5.74) is 9.86. The van der Waals surface area contributed by atoms with Gasteiger partial charge in [-0.1, -0.05) is 20.3 Å². The Bertz CT molecular complexity index is 284. The number of hydrogen-bond acceptors (Lipinski definition) is 4. The van der Waals surface area contributed by atoms with E-state index in [0.717, 1.165) is 0 Å². The van der Waals surface area contributed by atoms with E-state index in [-0.39, 0.29) is 19.5 Å². The zero-order valence-electron chi connectivity index (χ0n) is 11.4. The molecule has 0 radical (unpaired) electrons. The standard InChI is InChI=1S/C8H16N4O4.C3H8/c9-4-6(13)12-5(7(14)15)2-1-3-11-8(10)16;1-3-2/h5H,1-4,9H2,(H,12,13)(H,14,15)(H3,10,11,16);3H2,1-2H3. The molecule has 0 heterocycles. The van der Waals surface area contributed by atoms with Crippen molar-refractivity contribution < 1.29 is 19.5 Å². The normalized spacial score (nSPS) is 10.7. The molecule has 7 N–H and O–H groups in total. The molecular formula is C11H24N4O4. The Hall–Kier alpha value is -1.83. The first-order chi connectivity index (χ1) is 8.88. The summed E-state index contributed by atoms with van der Waals surface area (Å²) in [7, 11) is 0. The first kappa shape index (κ1) is 19.5. The molecular weight excluding hydrogens is 252 g/mol. The molecule has 0 aromatic rings. The van der Waals surface area contributed by atoms with Crippen molar-refractivity contribution in [2.24, 2.45) is 11.5 Å². The Balaban J connectivity index is 0. The third-order valence-corrected chi connectivity index (χ3v) is 1.79. The van der Waals surface area contributed by atoms with Crippen molar-refractivity contribution in [1.82, 2.24) is 10.6 Å². The molecule has 0 saturated carbocycles. The summed E-state index contributed by atoms with van der Waals surface area (Å²) in [5, 5.41) is 13.3. The monoisotopic (exact) mass is 276 g/mol. The van der Waals surface area contributed by atoms with E-state index >= 15 is 0 Å². The van der Waals surface area contributed by atoms with Crippen LogP contribution in [0.15, 0.2) is 0 Å². The van der Waals surface area contributed by atoms with Crippen molar-refractivity contribution in [2.75, 3.05) is 13.1 Å². The Morgan fingerprint density at radius 2 is 1.79 bits per heavy atom. The van der Waals surface area contributed by atoms with Crippen molar-refractivity contribution in [3.63, 3.8) is 0 Å². The Labute approximate surface area is 112 Å². The highest BCUT2D eigenvalue weighted by molar-refractivity contribution is 5.84. The van der Waals surface area contributed by atoms with Crippen LogP contribution in [0.5, 0.6) is 0 Å². The molecule has 8 nitrogen and oxygen atoms in total. The molecule has 19 heavy (non-hydrogen) atoms. The number of nitrogens with two attached hydrogens (primary N) is 2. The highest BCUT2D eigenvalue weighted by Crippen LogP contribution is 1.96. The molecule has 0 aromatic heterocycles. The van der Waals surface area contributed by atoms with Crippen molar-refractivity contribution in [3.8, 4) is 0 Å². The van der Waals surface area contributed by atoms with Gasteiger partial charge in [0, 0.05) is 6.54 Å². The van der Waals surface area contributed by atoms with Crippen LogP contribution in [0.25, 0.3) is 0 Å². The number of carbonyl (C=O) groups excluding carboxylic acids is 2. The lowest BCUT2D eigenvalue weighted by molar-refractivity contribution is -0.141. The second-order valence-corrected chi connectivity index (χ2v) is 3.80. The minimum atomic E-state index is -1.14. The van der Waals surface area contributed by atoms with E-state index in [1.165, 1.54) is 6.42 Å². The lowest BCUT2D eigenvalue weighted by atomic mass is 10.1. The lowest BCUT2D eigenvalue weighted by Gasteiger charge is -2.13. The summed E-state index contributed by atoms with van der Waals surface area (Å²) >= 11 is 0. The van der Waals surface area contributed by atoms with Gasteiger partial charge in [-0.15, -0.1) is 0 Å². The smallest absolute Gasteiger partial charge is 0.326 e. The van der Waals surface area contributed by atoms with Crippen LogP contribution in [0.1, 0.15) is 33.1 Å². The molecule has 0 aromatic carbocycles. The Morgan fingerprint density at radius 1 is 1.26 bits per heavy atom. The number of rotatable bonds is 7. The van der Waals surface area contributed by atoms with Gasteiger partial charge in [-0.25, -0.2) is 9.59 Å². The van der Waals surface area contributed by atoms with E-state index in [4.69, 9.17) is 16.6 Å². The lowest BCUT2D eigenvalue weighted by Crippen LogP contribution is -2.44. The maximum atomic E-state index is 10.9. The molecule has 0 fully saturated rings. The summed E-state index contributed by atoms with van der Waals surface area (Å²) in [6.45, 7) is 4.25. The van der Waals surface area contributed by atoms with Crippen molar-refractivity contribution >= 4 is 17.9 Å². The number of primary amides is 1. The fraction of sp³-hybridized carbons (Fsp3) is 0.727. The average Bonchev–Trinajstić information content (AvgIpc) is 2.33. The maximum Gasteiger partial charge on any atom is 0.326 e. The highest BCUT2D eigenvalue weighted by Gasteiger charge is 2.18. The predicted octanol–water partition coefficient (Wildman–Crippen LogP) is -0.621. The van der Waals surface area contributed by atoms with Gasteiger partial charge in [0.1, 0.15) is 6.04 Å². The third-order valence-electron chi connectivity index (χ3n) is 1.79. The summed E-state index contributed by atoms with van der Waals surface area (Å²) in [6.07, 6.45) is 1.84. The number of aliphatic carboxylic acids is 1. The molecule has 0 aliphatic heterocycles. The molecule has 3 amide bonds. The molecule has 112 valence electrons. The minimum Gasteiger partial charge on any atom is -0.480 e. The van der Waals surface area contributed by atoms with Crippen LogP contribution in [0.3, 0.4) is 0 Å². The number of carboxylic acids is 1. The SMILES string of the molecule is CCC.NCC(=O)NC(CCCNC(N)=O)C(=O)O. The van der Waals surface area contributed by atoms with Crippen LogP contribution in [0.2, 0.25) is 0 Å². The maximum absolute atomic E-state index is 10.9. The largest absolute Gasteiger partial charge is 0.480 e. The fourth-order valence-electron chi connectivity index (χ4n) is 1.03. The number of urea groups is 1. The molecule has 0 aliphatic carbocycles. The fourth-order valence-corrected chi connectivity index (χ4v) is 1.03. The van der Waals surface area contributed by atoms with Crippen LogP contribution in [-0.4, -0.2) is 42.1 Å².